The molecule has 100 valence electrons. The van der Waals surface area contributed by atoms with E-state index in [-0.39, 0.29) is 31.4 Å². The fourth-order valence-corrected chi connectivity index (χ4v) is 2.16. The average molecular weight is 327 g/mol. The van der Waals surface area contributed by atoms with Crippen molar-refractivity contribution in [2.45, 2.75) is 25.7 Å². The average Bonchev–Trinajstić information content (AvgIpc) is 2.71. The zero-order valence-electron chi connectivity index (χ0n) is 9.24. The number of hydrogen-bond acceptors (Lipinski definition) is 3. The molecule has 0 aromatic carbocycles. The molecule has 1 amide bonds. The van der Waals surface area contributed by atoms with Crippen LogP contribution in [-0.4, -0.2) is 37.4 Å². The minimum atomic E-state index is -4.51. The Morgan fingerprint density at radius 3 is 2.67 bits per heavy atom. The summed E-state index contributed by atoms with van der Waals surface area (Å²) in [5.74, 6) is -0.920. The normalized spacial score (nSPS) is 15.7. The van der Waals surface area contributed by atoms with Crippen LogP contribution in [0.1, 0.15) is 18.1 Å². The van der Waals surface area contributed by atoms with Crippen molar-refractivity contribution < 1.29 is 18.0 Å². The number of hydrogen-bond donors (Lipinski definition) is 0. The maximum atomic E-state index is 12.6. The summed E-state index contributed by atoms with van der Waals surface area (Å²) in [5.41, 5.74) is 0. The van der Waals surface area contributed by atoms with Crippen molar-refractivity contribution >= 4 is 21.8 Å². The second kappa shape index (κ2) is 4.87. The predicted molar refractivity (Wildman–Crippen MR) is 58.9 cm³/mol. The highest BCUT2D eigenvalue weighted by Crippen LogP contribution is 2.29. The quantitative estimate of drug-likeness (QED) is 0.772. The topological polar surface area (TPSA) is 51.0 Å². The summed E-state index contributed by atoms with van der Waals surface area (Å²) in [7, 11) is 0. The zero-order valence-corrected chi connectivity index (χ0v) is 10.8. The van der Waals surface area contributed by atoms with Gasteiger partial charge in [0, 0.05) is 24.8 Å². The van der Waals surface area contributed by atoms with Gasteiger partial charge in [-0.2, -0.15) is 13.2 Å². The Bertz CT molecular complexity index is 459. The van der Waals surface area contributed by atoms with Crippen molar-refractivity contribution in [2.75, 3.05) is 11.9 Å². The van der Waals surface area contributed by atoms with E-state index in [2.05, 4.69) is 26.1 Å². The number of aromatic nitrogens is 3. The molecule has 0 radical (unpaired) electrons. The lowest BCUT2D eigenvalue weighted by molar-refractivity contribution is -0.148. The van der Waals surface area contributed by atoms with Gasteiger partial charge < -0.3 is 9.47 Å². The Hall–Kier alpha value is -1.12. The van der Waals surface area contributed by atoms with Crippen molar-refractivity contribution in [2.24, 2.45) is 0 Å². The second-order valence-electron chi connectivity index (χ2n) is 3.84. The number of nitrogens with zero attached hydrogens (tertiary/aromatic N) is 4. The summed E-state index contributed by atoms with van der Waals surface area (Å²) in [5, 5.41) is 7.18. The van der Waals surface area contributed by atoms with Crippen molar-refractivity contribution in [1.29, 1.82) is 0 Å². The van der Waals surface area contributed by atoms with E-state index in [1.807, 2.05) is 0 Å². The summed E-state index contributed by atoms with van der Waals surface area (Å²) in [6.07, 6.45) is -4.19. The third-order valence-corrected chi connectivity index (χ3v) is 3.06. The van der Waals surface area contributed by atoms with Gasteiger partial charge in [0.1, 0.15) is 0 Å². The van der Waals surface area contributed by atoms with Gasteiger partial charge in [0.05, 0.1) is 6.54 Å². The van der Waals surface area contributed by atoms with E-state index in [9.17, 15) is 18.0 Å². The first-order valence-corrected chi connectivity index (χ1v) is 6.38. The molecule has 0 fully saturated rings. The maximum absolute atomic E-state index is 12.6. The Kier molecular flexibility index (Phi) is 3.60. The van der Waals surface area contributed by atoms with Gasteiger partial charge in [0.15, 0.2) is 5.82 Å². The molecule has 0 N–H and O–H groups in total. The fourth-order valence-electron chi connectivity index (χ4n) is 1.82. The van der Waals surface area contributed by atoms with Gasteiger partial charge in [0.25, 0.3) is 0 Å². The van der Waals surface area contributed by atoms with Crippen LogP contribution in [0.4, 0.5) is 13.2 Å². The molecule has 0 saturated carbocycles. The first kappa shape index (κ1) is 13.3. The molecule has 5 nitrogen and oxygen atoms in total. The third kappa shape index (κ3) is 2.50. The van der Waals surface area contributed by atoms with Crippen LogP contribution < -0.4 is 0 Å². The van der Waals surface area contributed by atoms with Gasteiger partial charge >= 0.3 is 6.18 Å². The molecule has 2 heterocycles. The van der Waals surface area contributed by atoms with E-state index in [4.69, 9.17) is 0 Å². The van der Waals surface area contributed by atoms with Crippen LogP contribution in [0.5, 0.6) is 0 Å². The van der Waals surface area contributed by atoms with Gasteiger partial charge in [0.2, 0.25) is 11.7 Å². The van der Waals surface area contributed by atoms with E-state index < -0.39 is 12.0 Å². The Balaban J connectivity index is 2.17. The van der Waals surface area contributed by atoms with Crippen molar-refractivity contribution in [3.63, 3.8) is 0 Å². The van der Waals surface area contributed by atoms with Crippen LogP contribution in [0.25, 0.3) is 0 Å². The number of carbonyl (C=O) groups is 1. The Labute approximate surface area is 109 Å². The smallest absolute Gasteiger partial charge is 0.333 e. The number of alkyl halides is 4. The van der Waals surface area contributed by atoms with Crippen LogP contribution in [0.3, 0.4) is 0 Å². The molecule has 0 aliphatic carbocycles. The van der Waals surface area contributed by atoms with Crippen molar-refractivity contribution in [1.82, 2.24) is 19.7 Å². The summed E-state index contributed by atoms with van der Waals surface area (Å²) >= 11 is 3.15. The van der Waals surface area contributed by atoms with Crippen LogP contribution in [0.15, 0.2) is 0 Å². The minimum absolute atomic E-state index is 0.0746. The highest BCUT2D eigenvalue weighted by atomic mass is 79.9. The van der Waals surface area contributed by atoms with Gasteiger partial charge in [-0.3, -0.25) is 4.79 Å². The number of rotatable bonds is 2. The molecule has 1 aromatic rings. The minimum Gasteiger partial charge on any atom is -0.333 e. The van der Waals surface area contributed by atoms with Gasteiger partial charge in [-0.25, -0.2) is 0 Å². The van der Waals surface area contributed by atoms with Crippen LogP contribution in [0, 0.1) is 0 Å². The van der Waals surface area contributed by atoms with Crippen molar-refractivity contribution in [3.8, 4) is 0 Å². The third-order valence-electron chi connectivity index (χ3n) is 2.67. The maximum Gasteiger partial charge on any atom is 0.451 e. The lowest BCUT2D eigenvalue weighted by atomic mass is 10.3. The second-order valence-corrected chi connectivity index (χ2v) is 4.64. The molecular formula is C9H10BrF3N4O. The number of carbonyl (C=O) groups excluding carboxylic acids is 1. The van der Waals surface area contributed by atoms with E-state index in [0.29, 0.717) is 11.8 Å². The van der Waals surface area contributed by atoms with Crippen LogP contribution in [-0.2, 0) is 24.1 Å². The van der Waals surface area contributed by atoms with Gasteiger partial charge in [-0.1, -0.05) is 15.9 Å². The summed E-state index contributed by atoms with van der Waals surface area (Å²) in [6.45, 7) is 0.403. The predicted octanol–water partition coefficient (Wildman–Crippen LogP) is 1.42. The molecule has 1 aliphatic heterocycles. The lowest BCUT2D eigenvalue weighted by Gasteiger charge is -2.27. The summed E-state index contributed by atoms with van der Waals surface area (Å²) in [4.78, 5) is 13.1. The first-order chi connectivity index (χ1) is 8.43. The van der Waals surface area contributed by atoms with E-state index >= 15 is 0 Å². The lowest BCUT2D eigenvalue weighted by Crippen LogP contribution is -2.39. The molecule has 2 rings (SSSR count). The molecule has 18 heavy (non-hydrogen) atoms. The first-order valence-electron chi connectivity index (χ1n) is 5.26. The highest BCUT2D eigenvalue weighted by molar-refractivity contribution is 9.09. The molecular weight excluding hydrogens is 317 g/mol. The molecule has 1 aromatic heterocycles. The SMILES string of the molecule is O=C(CCBr)N1CCn2c(nnc2C(F)(F)F)C1. The summed E-state index contributed by atoms with van der Waals surface area (Å²) < 4.78 is 38.8. The van der Waals surface area contributed by atoms with Crippen molar-refractivity contribution in [3.05, 3.63) is 11.6 Å². The fraction of sp³-hybridized carbons (Fsp3) is 0.667. The Morgan fingerprint density at radius 2 is 2.06 bits per heavy atom. The largest absolute Gasteiger partial charge is 0.451 e. The number of halogens is 4. The molecule has 1 aliphatic rings. The van der Waals surface area contributed by atoms with E-state index in [1.54, 1.807) is 0 Å². The molecule has 0 spiro atoms. The van der Waals surface area contributed by atoms with Gasteiger partial charge in [-0.05, 0) is 0 Å². The zero-order chi connectivity index (χ0) is 13.3. The summed E-state index contributed by atoms with van der Waals surface area (Å²) in [6, 6.07) is 0. The molecule has 0 saturated heterocycles. The van der Waals surface area contributed by atoms with E-state index in [1.165, 1.54) is 4.90 Å². The van der Waals surface area contributed by atoms with Gasteiger partial charge in [-0.15, -0.1) is 10.2 Å². The van der Waals surface area contributed by atoms with Crippen LogP contribution >= 0.6 is 15.9 Å². The van der Waals surface area contributed by atoms with E-state index in [0.717, 1.165) is 4.57 Å². The monoisotopic (exact) mass is 326 g/mol. The molecule has 9 heteroatoms. The standard InChI is InChI=1S/C9H10BrF3N4O/c10-2-1-7(18)16-3-4-17-6(5-16)14-15-8(17)9(11,12)13/h1-5H2. The number of fused-ring (bicyclic) bond motifs is 1. The molecule has 0 atom stereocenters. The number of amides is 1. The molecule has 0 bridgehead atoms. The molecule has 0 unspecified atom stereocenters. The van der Waals surface area contributed by atoms with Crippen LogP contribution in [0.2, 0.25) is 0 Å². The Morgan fingerprint density at radius 1 is 1.33 bits per heavy atom. The highest BCUT2D eigenvalue weighted by Gasteiger charge is 2.39.